The molecule has 23 heavy (non-hydrogen) atoms. The first-order valence-corrected chi connectivity index (χ1v) is 7.24. The molecule has 0 aliphatic rings. The molecule has 0 bridgehead atoms. The molecule has 118 valence electrons. The number of carbonyl (C=O) groups excluding carboxylic acids is 1. The summed E-state index contributed by atoms with van der Waals surface area (Å²) >= 11 is 0. The first-order valence-electron chi connectivity index (χ1n) is 7.24. The number of hydrogen-bond acceptors (Lipinski definition) is 3. The van der Waals surface area contributed by atoms with E-state index in [0.29, 0.717) is 11.3 Å². The predicted molar refractivity (Wildman–Crippen MR) is 93.6 cm³/mol. The van der Waals surface area contributed by atoms with E-state index in [2.05, 4.69) is 13.2 Å². The normalized spacial score (nSPS) is 10.0. The number of benzene rings is 2. The van der Waals surface area contributed by atoms with Crippen LogP contribution in [0.4, 0.5) is 0 Å². The number of rotatable bonds is 5. The Morgan fingerprint density at radius 1 is 0.957 bits per heavy atom. The minimum absolute atomic E-state index is 0.358. The van der Waals surface area contributed by atoms with Gasteiger partial charge >= 0.3 is 5.97 Å². The lowest BCUT2D eigenvalue weighted by Gasteiger charge is -2.12. The quantitative estimate of drug-likeness (QED) is 0.449. The minimum Gasteiger partial charge on any atom is -0.497 e. The number of hydrogen-bond donors (Lipinski definition) is 0. The Labute approximate surface area is 136 Å². The standard InChI is InChI=1S/C20H20O3/c1-13(2)18-12-16(15-6-9-17(22-5)10-7-15)8-11-19(18)23-20(21)14(3)4/h6-12H,1,3H2,2,4-5H3. The molecule has 2 aromatic rings. The molecule has 3 heteroatoms. The summed E-state index contributed by atoms with van der Waals surface area (Å²) in [5.41, 5.74) is 4.04. The van der Waals surface area contributed by atoms with Gasteiger partial charge in [0.25, 0.3) is 0 Å². The van der Waals surface area contributed by atoms with Gasteiger partial charge in [0.1, 0.15) is 11.5 Å². The van der Waals surface area contributed by atoms with Gasteiger partial charge in [-0.15, -0.1) is 0 Å². The smallest absolute Gasteiger partial charge is 0.338 e. The summed E-state index contributed by atoms with van der Waals surface area (Å²) in [4.78, 5) is 11.7. The van der Waals surface area contributed by atoms with Crippen LogP contribution in [0.1, 0.15) is 19.4 Å². The summed E-state index contributed by atoms with van der Waals surface area (Å²) in [5.74, 6) is 0.855. The van der Waals surface area contributed by atoms with Gasteiger partial charge in [-0.2, -0.15) is 0 Å². The Hall–Kier alpha value is -2.81. The second-order valence-corrected chi connectivity index (χ2v) is 5.39. The van der Waals surface area contributed by atoms with Gasteiger partial charge in [0, 0.05) is 11.1 Å². The van der Waals surface area contributed by atoms with Gasteiger partial charge < -0.3 is 9.47 Å². The largest absolute Gasteiger partial charge is 0.497 e. The summed E-state index contributed by atoms with van der Waals surface area (Å²) < 4.78 is 10.5. The molecule has 0 heterocycles. The van der Waals surface area contributed by atoms with Crippen molar-refractivity contribution in [3.63, 3.8) is 0 Å². The molecule has 0 fully saturated rings. The summed E-state index contributed by atoms with van der Waals surface area (Å²) in [6.07, 6.45) is 0. The SMILES string of the molecule is C=C(C)C(=O)Oc1ccc(-c2ccc(OC)cc2)cc1C(=C)C. The average Bonchev–Trinajstić information content (AvgIpc) is 2.55. The Morgan fingerprint density at radius 3 is 2.09 bits per heavy atom. The molecule has 0 N–H and O–H groups in total. The van der Waals surface area contributed by atoms with Crippen molar-refractivity contribution in [2.24, 2.45) is 0 Å². The highest BCUT2D eigenvalue weighted by Crippen LogP contribution is 2.31. The lowest BCUT2D eigenvalue weighted by Crippen LogP contribution is -2.09. The second kappa shape index (κ2) is 6.97. The fourth-order valence-corrected chi connectivity index (χ4v) is 2.10. The third kappa shape index (κ3) is 3.89. The van der Waals surface area contributed by atoms with Crippen LogP contribution in [0.15, 0.2) is 61.2 Å². The van der Waals surface area contributed by atoms with E-state index >= 15 is 0 Å². The number of allylic oxidation sites excluding steroid dienone is 1. The molecule has 0 aromatic heterocycles. The summed E-state index contributed by atoms with van der Waals surface area (Å²) in [5, 5.41) is 0. The van der Waals surface area contributed by atoms with E-state index in [1.165, 1.54) is 0 Å². The van der Waals surface area contributed by atoms with Crippen LogP contribution >= 0.6 is 0 Å². The fourth-order valence-electron chi connectivity index (χ4n) is 2.10. The molecule has 3 nitrogen and oxygen atoms in total. The topological polar surface area (TPSA) is 35.5 Å². The lowest BCUT2D eigenvalue weighted by atomic mass is 9.99. The number of esters is 1. The highest BCUT2D eigenvalue weighted by molar-refractivity contribution is 5.90. The Balaban J connectivity index is 2.40. The molecule has 0 atom stereocenters. The summed E-state index contributed by atoms with van der Waals surface area (Å²) in [6.45, 7) is 11.1. The average molecular weight is 308 g/mol. The van der Waals surface area contributed by atoms with Crippen molar-refractivity contribution in [2.75, 3.05) is 7.11 Å². The van der Waals surface area contributed by atoms with Gasteiger partial charge in [0.15, 0.2) is 0 Å². The van der Waals surface area contributed by atoms with Crippen LogP contribution in [-0.4, -0.2) is 13.1 Å². The van der Waals surface area contributed by atoms with Crippen molar-refractivity contribution in [1.29, 1.82) is 0 Å². The van der Waals surface area contributed by atoms with Crippen LogP contribution in [0.25, 0.3) is 16.7 Å². The van der Waals surface area contributed by atoms with Crippen molar-refractivity contribution in [1.82, 2.24) is 0 Å². The van der Waals surface area contributed by atoms with E-state index in [-0.39, 0.29) is 0 Å². The zero-order chi connectivity index (χ0) is 17.0. The molecular formula is C20H20O3. The molecule has 0 saturated heterocycles. The predicted octanol–water partition coefficient (Wildman–Crippen LogP) is 4.88. The molecule has 2 aromatic carbocycles. The molecule has 0 unspecified atom stereocenters. The van der Waals surface area contributed by atoms with Crippen molar-refractivity contribution in [3.05, 3.63) is 66.8 Å². The Bertz CT molecular complexity index is 755. The first kappa shape index (κ1) is 16.6. The van der Waals surface area contributed by atoms with Gasteiger partial charge in [0.2, 0.25) is 0 Å². The highest BCUT2D eigenvalue weighted by Gasteiger charge is 2.12. The van der Waals surface area contributed by atoms with Crippen molar-refractivity contribution in [3.8, 4) is 22.6 Å². The van der Waals surface area contributed by atoms with E-state index in [4.69, 9.17) is 9.47 Å². The first-order chi connectivity index (χ1) is 10.9. The minimum atomic E-state index is -0.440. The number of methoxy groups -OCH3 is 1. The van der Waals surface area contributed by atoms with Crippen molar-refractivity contribution >= 4 is 11.5 Å². The van der Waals surface area contributed by atoms with Gasteiger partial charge in [-0.25, -0.2) is 4.79 Å². The summed E-state index contributed by atoms with van der Waals surface area (Å²) in [6, 6.07) is 13.4. The van der Waals surface area contributed by atoms with E-state index in [0.717, 1.165) is 28.0 Å². The van der Waals surface area contributed by atoms with Gasteiger partial charge in [0.05, 0.1) is 7.11 Å². The molecule has 0 saturated carbocycles. The molecule has 2 rings (SSSR count). The van der Waals surface area contributed by atoms with Crippen molar-refractivity contribution in [2.45, 2.75) is 13.8 Å². The number of ether oxygens (including phenoxy) is 2. The second-order valence-electron chi connectivity index (χ2n) is 5.39. The fraction of sp³-hybridized carbons (Fsp3) is 0.150. The molecule has 0 aliphatic carbocycles. The van der Waals surface area contributed by atoms with Crippen LogP contribution in [0.5, 0.6) is 11.5 Å². The molecule has 0 radical (unpaired) electrons. The van der Waals surface area contributed by atoms with Gasteiger partial charge in [-0.05, 0) is 54.8 Å². The lowest BCUT2D eigenvalue weighted by molar-refractivity contribution is -0.130. The maximum Gasteiger partial charge on any atom is 0.338 e. The molecule has 0 spiro atoms. The van der Waals surface area contributed by atoms with Crippen LogP contribution in [0.2, 0.25) is 0 Å². The van der Waals surface area contributed by atoms with Gasteiger partial charge in [-0.1, -0.05) is 31.4 Å². The molecule has 0 aliphatic heterocycles. The van der Waals surface area contributed by atoms with Crippen molar-refractivity contribution < 1.29 is 14.3 Å². The van der Waals surface area contributed by atoms with E-state index in [9.17, 15) is 4.79 Å². The molecular weight excluding hydrogens is 288 g/mol. The van der Waals surface area contributed by atoms with Gasteiger partial charge in [-0.3, -0.25) is 0 Å². The Morgan fingerprint density at radius 2 is 1.57 bits per heavy atom. The van der Waals surface area contributed by atoms with E-state index in [1.54, 1.807) is 20.1 Å². The maximum absolute atomic E-state index is 11.7. The zero-order valence-corrected chi connectivity index (χ0v) is 13.7. The molecule has 0 amide bonds. The Kier molecular flexibility index (Phi) is 5.02. The van der Waals surface area contributed by atoms with Crippen LogP contribution in [0, 0.1) is 0 Å². The monoisotopic (exact) mass is 308 g/mol. The zero-order valence-electron chi connectivity index (χ0n) is 13.7. The van der Waals surface area contributed by atoms with Crippen LogP contribution in [0.3, 0.4) is 0 Å². The van der Waals surface area contributed by atoms with E-state index < -0.39 is 5.97 Å². The third-order valence-corrected chi connectivity index (χ3v) is 3.41. The third-order valence-electron chi connectivity index (χ3n) is 3.41. The van der Waals surface area contributed by atoms with Crippen LogP contribution in [-0.2, 0) is 4.79 Å². The van der Waals surface area contributed by atoms with E-state index in [1.807, 2.05) is 43.3 Å². The number of carbonyl (C=O) groups is 1. The highest BCUT2D eigenvalue weighted by atomic mass is 16.5. The van der Waals surface area contributed by atoms with Crippen LogP contribution < -0.4 is 9.47 Å². The maximum atomic E-state index is 11.7. The summed E-state index contributed by atoms with van der Waals surface area (Å²) in [7, 11) is 1.64.